The maximum atomic E-state index is 12.5. The Morgan fingerprint density at radius 3 is 2.55 bits per heavy atom. The molecule has 0 amide bonds. The molecular formula is C5H5ClF3N2+. The summed E-state index contributed by atoms with van der Waals surface area (Å²) in [5.41, 5.74) is -2.72. The van der Waals surface area contributed by atoms with Gasteiger partial charge < -0.3 is 0 Å². The highest BCUT2D eigenvalue weighted by Crippen LogP contribution is 2.23. The van der Waals surface area contributed by atoms with Gasteiger partial charge >= 0.3 is 6.05 Å². The predicted octanol–water partition coefficient (Wildman–Crippen LogP) is 1.39. The van der Waals surface area contributed by atoms with E-state index < -0.39 is 11.7 Å². The maximum absolute atomic E-state index is 12.5. The van der Waals surface area contributed by atoms with Crippen molar-refractivity contribution < 1.29 is 17.7 Å². The largest absolute Gasteiger partial charge is 0.443 e. The van der Waals surface area contributed by atoms with Crippen molar-refractivity contribution >= 4 is 11.6 Å². The van der Waals surface area contributed by atoms with E-state index in [1.165, 1.54) is 6.20 Å². The van der Waals surface area contributed by atoms with Crippen LogP contribution >= 0.6 is 11.6 Å². The molecule has 0 fully saturated rings. The molecule has 0 aromatic carbocycles. The van der Waals surface area contributed by atoms with E-state index >= 15 is 0 Å². The maximum Gasteiger partial charge on any atom is 0.443 e. The third kappa shape index (κ3) is 1.48. The van der Waals surface area contributed by atoms with Gasteiger partial charge in [-0.25, -0.2) is 4.39 Å². The second-order valence-electron chi connectivity index (χ2n) is 1.91. The summed E-state index contributed by atoms with van der Waals surface area (Å²) in [6, 6.07) is -3.69. The molecule has 0 bridgehead atoms. The van der Waals surface area contributed by atoms with Crippen molar-refractivity contribution in [2.45, 2.75) is 11.7 Å². The summed E-state index contributed by atoms with van der Waals surface area (Å²) in [5.74, 6) is 0. The van der Waals surface area contributed by atoms with Crippen LogP contribution in [0.3, 0.4) is 0 Å². The first-order valence-electron chi connectivity index (χ1n) is 2.75. The lowest BCUT2D eigenvalue weighted by molar-refractivity contribution is -0.825. The molecule has 0 saturated heterocycles. The number of alkyl halides is 4. The SMILES string of the molecule is FC(Cl)C(F)(F)[n+]1cc[nH]c1. The number of aromatic nitrogens is 2. The Bertz CT molecular complexity index is 222. The minimum Gasteiger partial charge on any atom is -0.250 e. The molecule has 6 heteroatoms. The highest BCUT2D eigenvalue weighted by molar-refractivity contribution is 6.19. The van der Waals surface area contributed by atoms with Gasteiger partial charge in [0.15, 0.2) is 0 Å². The van der Waals surface area contributed by atoms with Crippen LogP contribution in [-0.4, -0.2) is 10.6 Å². The standard InChI is InChI=1S/C5H4ClF3N2/c6-4(7)5(8,9)11-2-1-10-3-11/h1-4H/p+1. The van der Waals surface area contributed by atoms with Crippen molar-refractivity contribution in [3.05, 3.63) is 18.7 Å². The number of hydrogen-bond donors (Lipinski definition) is 1. The summed E-state index contributed by atoms with van der Waals surface area (Å²) in [6.07, 6.45) is 3.16. The van der Waals surface area contributed by atoms with Crippen LogP contribution in [-0.2, 0) is 6.05 Å². The molecule has 0 aliphatic carbocycles. The first kappa shape index (κ1) is 8.39. The number of nitrogens with zero attached hydrogens (tertiary/aromatic N) is 1. The molecule has 1 aromatic rings. The van der Waals surface area contributed by atoms with Crippen molar-refractivity contribution in [3.8, 4) is 0 Å². The number of imidazole rings is 1. The zero-order valence-electron chi connectivity index (χ0n) is 5.27. The molecule has 0 spiro atoms. The minimum atomic E-state index is -3.69. The number of hydrogen-bond acceptors (Lipinski definition) is 0. The van der Waals surface area contributed by atoms with Gasteiger partial charge in [0.1, 0.15) is 12.4 Å². The van der Waals surface area contributed by atoms with Crippen molar-refractivity contribution in [1.29, 1.82) is 0 Å². The Labute approximate surface area is 65.6 Å². The molecule has 1 aromatic heterocycles. The van der Waals surface area contributed by atoms with Gasteiger partial charge in [0.05, 0.1) is 0 Å². The summed E-state index contributed by atoms with van der Waals surface area (Å²) in [5, 5.41) is 0. The van der Waals surface area contributed by atoms with Crippen molar-refractivity contribution in [2.24, 2.45) is 0 Å². The van der Waals surface area contributed by atoms with E-state index in [0.717, 1.165) is 12.5 Å². The van der Waals surface area contributed by atoms with Crippen LogP contribution in [0.2, 0.25) is 0 Å². The fourth-order valence-electron chi connectivity index (χ4n) is 0.588. The molecule has 0 radical (unpaired) electrons. The molecule has 62 valence electrons. The highest BCUT2D eigenvalue weighted by Gasteiger charge is 2.45. The number of rotatable bonds is 2. The molecule has 2 nitrogen and oxygen atoms in total. The number of H-pyrrole nitrogens is 1. The van der Waals surface area contributed by atoms with E-state index in [-0.39, 0.29) is 0 Å². The van der Waals surface area contributed by atoms with Crippen molar-refractivity contribution in [3.63, 3.8) is 0 Å². The van der Waals surface area contributed by atoms with Gasteiger partial charge in [-0.15, -0.1) is 0 Å². The van der Waals surface area contributed by atoms with Crippen LogP contribution in [0, 0.1) is 0 Å². The van der Waals surface area contributed by atoms with Crippen LogP contribution in [0.25, 0.3) is 0 Å². The van der Waals surface area contributed by atoms with Crippen LogP contribution in [0.4, 0.5) is 13.2 Å². The Morgan fingerprint density at radius 1 is 1.55 bits per heavy atom. The van der Waals surface area contributed by atoms with E-state index in [1.807, 2.05) is 0 Å². The summed E-state index contributed by atoms with van der Waals surface area (Å²) in [4.78, 5) is 2.35. The Kier molecular flexibility index (Phi) is 2.08. The smallest absolute Gasteiger partial charge is 0.250 e. The molecular weight excluding hydrogens is 181 g/mol. The third-order valence-corrected chi connectivity index (χ3v) is 1.41. The lowest BCUT2D eigenvalue weighted by Crippen LogP contribution is -2.52. The summed E-state index contributed by atoms with van der Waals surface area (Å²) < 4.78 is 37.5. The molecule has 0 aliphatic heterocycles. The van der Waals surface area contributed by atoms with Crippen LogP contribution in [0.15, 0.2) is 18.7 Å². The van der Waals surface area contributed by atoms with Gasteiger partial charge in [-0.2, -0.15) is 13.3 Å². The normalized spacial score (nSPS) is 14.9. The highest BCUT2D eigenvalue weighted by atomic mass is 35.5. The first-order chi connectivity index (χ1) is 5.05. The monoisotopic (exact) mass is 185 g/mol. The van der Waals surface area contributed by atoms with E-state index in [1.54, 1.807) is 0 Å². The number of aromatic amines is 1. The summed E-state index contributed by atoms with van der Waals surface area (Å²) >= 11 is 4.61. The zero-order chi connectivity index (χ0) is 8.48. The molecule has 0 saturated carbocycles. The Hall–Kier alpha value is -0.710. The average Bonchev–Trinajstić information content (AvgIpc) is 2.37. The molecule has 1 rings (SSSR count). The van der Waals surface area contributed by atoms with Gasteiger partial charge in [0.2, 0.25) is 6.33 Å². The fourth-order valence-corrected chi connectivity index (χ4v) is 0.701. The molecule has 0 aliphatic rings. The lowest BCUT2D eigenvalue weighted by atomic mass is 10.6. The third-order valence-electron chi connectivity index (χ3n) is 1.15. The molecule has 11 heavy (non-hydrogen) atoms. The number of halogens is 4. The van der Waals surface area contributed by atoms with Crippen LogP contribution < -0.4 is 4.57 Å². The van der Waals surface area contributed by atoms with Crippen LogP contribution in [0.1, 0.15) is 0 Å². The van der Waals surface area contributed by atoms with E-state index in [2.05, 4.69) is 16.6 Å². The van der Waals surface area contributed by atoms with Gasteiger partial charge in [-0.3, -0.25) is 4.98 Å². The van der Waals surface area contributed by atoms with Crippen molar-refractivity contribution in [2.75, 3.05) is 0 Å². The summed E-state index contributed by atoms with van der Waals surface area (Å²) in [7, 11) is 0. The first-order valence-corrected chi connectivity index (χ1v) is 3.19. The van der Waals surface area contributed by atoms with Crippen LogP contribution in [0.5, 0.6) is 0 Å². The molecule has 1 atom stereocenters. The zero-order valence-corrected chi connectivity index (χ0v) is 6.02. The minimum absolute atomic E-state index is 0.366. The number of nitrogens with one attached hydrogen (secondary N) is 1. The second kappa shape index (κ2) is 2.73. The predicted molar refractivity (Wildman–Crippen MR) is 31.9 cm³/mol. The summed E-state index contributed by atoms with van der Waals surface area (Å²) in [6.45, 7) is 0. The molecule has 1 unspecified atom stereocenters. The van der Waals surface area contributed by atoms with Gasteiger partial charge in [-0.1, -0.05) is 11.6 Å². The van der Waals surface area contributed by atoms with Crippen molar-refractivity contribution in [1.82, 2.24) is 4.98 Å². The van der Waals surface area contributed by atoms with Gasteiger partial charge in [0, 0.05) is 0 Å². The van der Waals surface area contributed by atoms with E-state index in [0.29, 0.717) is 4.57 Å². The Morgan fingerprint density at radius 2 is 2.18 bits per heavy atom. The second-order valence-corrected chi connectivity index (χ2v) is 2.29. The average molecular weight is 186 g/mol. The quantitative estimate of drug-likeness (QED) is 0.531. The molecule has 1 N–H and O–H groups in total. The van der Waals surface area contributed by atoms with E-state index in [9.17, 15) is 13.2 Å². The molecule has 1 heterocycles. The Balaban J connectivity index is 2.90. The van der Waals surface area contributed by atoms with Gasteiger partial charge in [0.25, 0.3) is 5.63 Å². The van der Waals surface area contributed by atoms with Gasteiger partial charge in [-0.05, 0) is 0 Å². The lowest BCUT2D eigenvalue weighted by Gasteiger charge is -2.10. The topological polar surface area (TPSA) is 19.7 Å². The fraction of sp³-hybridized carbons (Fsp3) is 0.400. The van der Waals surface area contributed by atoms with E-state index in [4.69, 9.17) is 0 Å².